The Labute approximate surface area is 194 Å². The van der Waals surface area contributed by atoms with Gasteiger partial charge in [-0.25, -0.2) is 13.2 Å². The molecule has 1 aliphatic heterocycles. The summed E-state index contributed by atoms with van der Waals surface area (Å²) in [5, 5.41) is 2.61. The van der Waals surface area contributed by atoms with Gasteiger partial charge in [-0.05, 0) is 75.2 Å². The van der Waals surface area contributed by atoms with Gasteiger partial charge in [0, 0.05) is 30.8 Å². The van der Waals surface area contributed by atoms with Crippen LogP contribution in [0, 0.1) is 0 Å². The Morgan fingerprint density at radius 1 is 1.00 bits per heavy atom. The van der Waals surface area contributed by atoms with E-state index in [4.69, 9.17) is 4.74 Å². The average Bonchev–Trinajstić information content (AvgIpc) is 2.79. The summed E-state index contributed by atoms with van der Waals surface area (Å²) in [6.45, 7) is 5.24. The van der Waals surface area contributed by atoms with Gasteiger partial charge < -0.3 is 10.1 Å². The maximum Gasteiger partial charge on any atom is 0.338 e. The number of carbonyl (C=O) groups is 3. The number of amides is 1. The van der Waals surface area contributed by atoms with E-state index in [-0.39, 0.29) is 22.4 Å². The first-order valence-corrected chi connectivity index (χ1v) is 12.3. The third-order valence-corrected chi connectivity index (χ3v) is 7.61. The van der Waals surface area contributed by atoms with Crippen LogP contribution in [0.15, 0.2) is 53.4 Å². The number of hydrogen-bond donors (Lipinski definition) is 1. The number of ether oxygens (including phenoxy) is 1. The number of ketones is 1. The van der Waals surface area contributed by atoms with Gasteiger partial charge in [-0.2, -0.15) is 4.31 Å². The van der Waals surface area contributed by atoms with Crippen molar-refractivity contribution < 1.29 is 27.5 Å². The highest BCUT2D eigenvalue weighted by atomic mass is 32.2. The molecule has 1 aliphatic rings. The summed E-state index contributed by atoms with van der Waals surface area (Å²) < 4.78 is 32.6. The molecule has 1 heterocycles. The van der Waals surface area contributed by atoms with Gasteiger partial charge in [-0.3, -0.25) is 9.59 Å². The second kappa shape index (κ2) is 10.3. The van der Waals surface area contributed by atoms with Crippen molar-refractivity contribution in [2.24, 2.45) is 0 Å². The Hall–Kier alpha value is -3.04. The van der Waals surface area contributed by atoms with Gasteiger partial charge in [0.15, 0.2) is 6.10 Å². The summed E-state index contributed by atoms with van der Waals surface area (Å²) >= 11 is 0. The second-order valence-corrected chi connectivity index (χ2v) is 10.0. The van der Waals surface area contributed by atoms with Gasteiger partial charge >= 0.3 is 5.97 Å². The third-order valence-electron chi connectivity index (χ3n) is 5.58. The molecule has 0 aromatic heterocycles. The van der Waals surface area contributed by atoms with Gasteiger partial charge in [0.2, 0.25) is 21.7 Å². The summed E-state index contributed by atoms with van der Waals surface area (Å²) in [6, 6.07) is 11.8. The van der Waals surface area contributed by atoms with E-state index in [0.717, 1.165) is 19.3 Å². The highest BCUT2D eigenvalue weighted by Crippen LogP contribution is 2.25. The molecule has 0 saturated carbocycles. The van der Waals surface area contributed by atoms with E-state index in [0.29, 0.717) is 17.8 Å². The highest BCUT2D eigenvalue weighted by Gasteiger charge is 2.31. The van der Waals surface area contributed by atoms with Crippen molar-refractivity contribution in [1.82, 2.24) is 4.31 Å². The van der Waals surface area contributed by atoms with Crippen molar-refractivity contribution in [3.05, 3.63) is 59.7 Å². The molecule has 1 N–H and O–H groups in total. The molecule has 2 atom stereocenters. The molecule has 0 spiro atoms. The van der Waals surface area contributed by atoms with Crippen LogP contribution >= 0.6 is 0 Å². The number of sulfonamides is 1. The molecular formula is C24H28N2O6S. The molecule has 176 valence electrons. The number of esters is 1. The Morgan fingerprint density at radius 3 is 2.18 bits per heavy atom. The molecule has 1 saturated heterocycles. The number of hydrogen-bond acceptors (Lipinski definition) is 6. The van der Waals surface area contributed by atoms with Gasteiger partial charge in [-0.1, -0.05) is 6.42 Å². The summed E-state index contributed by atoms with van der Waals surface area (Å²) in [4.78, 5) is 36.3. The van der Waals surface area contributed by atoms with Crippen LogP contribution in [0.5, 0.6) is 0 Å². The van der Waals surface area contributed by atoms with Crippen LogP contribution in [0.2, 0.25) is 0 Å². The lowest BCUT2D eigenvalue weighted by Gasteiger charge is -2.32. The van der Waals surface area contributed by atoms with Gasteiger partial charge in [0.25, 0.3) is 0 Å². The van der Waals surface area contributed by atoms with Crippen molar-refractivity contribution in [3.8, 4) is 0 Å². The first-order valence-electron chi connectivity index (χ1n) is 10.8. The maximum absolute atomic E-state index is 12.9. The molecule has 0 bridgehead atoms. The largest absolute Gasteiger partial charge is 0.451 e. The number of nitrogens with zero attached hydrogens (tertiary/aromatic N) is 1. The van der Waals surface area contributed by atoms with Crippen LogP contribution < -0.4 is 5.32 Å². The first kappa shape index (κ1) is 24.6. The lowest BCUT2D eigenvalue weighted by molar-refractivity contribution is -0.114. The van der Waals surface area contributed by atoms with Crippen molar-refractivity contribution in [3.63, 3.8) is 0 Å². The topological polar surface area (TPSA) is 110 Å². The monoisotopic (exact) mass is 472 g/mol. The highest BCUT2D eigenvalue weighted by molar-refractivity contribution is 7.89. The quantitative estimate of drug-likeness (QED) is 0.487. The lowest BCUT2D eigenvalue weighted by Crippen LogP contribution is -2.41. The number of benzene rings is 2. The third kappa shape index (κ3) is 5.85. The zero-order chi connectivity index (χ0) is 24.2. The van der Waals surface area contributed by atoms with E-state index >= 15 is 0 Å². The van der Waals surface area contributed by atoms with Gasteiger partial charge in [-0.15, -0.1) is 0 Å². The van der Waals surface area contributed by atoms with E-state index in [9.17, 15) is 22.8 Å². The predicted octanol–water partition coefficient (Wildman–Crippen LogP) is 3.64. The number of Topliss-reactive ketones (excluding diaryl/α,β-unsaturated/α-hetero) is 1. The van der Waals surface area contributed by atoms with Crippen LogP contribution in [-0.4, -0.2) is 49.1 Å². The van der Waals surface area contributed by atoms with Crippen LogP contribution in [0.4, 0.5) is 5.69 Å². The fourth-order valence-corrected chi connectivity index (χ4v) is 5.46. The minimum absolute atomic E-state index is 0.0624. The van der Waals surface area contributed by atoms with E-state index in [2.05, 4.69) is 5.32 Å². The molecule has 8 nitrogen and oxygen atoms in total. The molecule has 9 heteroatoms. The summed E-state index contributed by atoms with van der Waals surface area (Å²) in [5.41, 5.74) is 1.04. The van der Waals surface area contributed by atoms with E-state index in [1.165, 1.54) is 42.4 Å². The summed E-state index contributed by atoms with van der Waals surface area (Å²) in [7, 11) is -3.64. The molecule has 3 rings (SSSR count). The van der Waals surface area contributed by atoms with Crippen molar-refractivity contribution in [2.45, 2.75) is 57.1 Å². The Bertz CT molecular complexity index is 1130. The first-order chi connectivity index (χ1) is 15.6. The molecule has 0 radical (unpaired) electrons. The zero-order valence-electron chi connectivity index (χ0n) is 18.9. The number of anilines is 1. The van der Waals surface area contributed by atoms with E-state index < -0.39 is 27.9 Å². The number of carbonyl (C=O) groups excluding carboxylic acids is 3. The normalized spacial score (nSPS) is 17.7. The van der Waals surface area contributed by atoms with Gasteiger partial charge in [0.05, 0.1) is 10.5 Å². The van der Waals surface area contributed by atoms with E-state index in [1.807, 2.05) is 6.92 Å². The number of piperidine rings is 1. The Morgan fingerprint density at radius 2 is 1.61 bits per heavy atom. The number of rotatable bonds is 7. The molecule has 2 aromatic rings. The summed E-state index contributed by atoms with van der Waals surface area (Å²) in [5.74, 6) is -1.34. The Balaban J connectivity index is 1.65. The standard InChI is InChI=1S/C24H28N2O6S/c1-16-6-4-5-15-26(16)33(30,31)22-13-9-20(10-14-22)24(29)32-17(2)23(28)19-7-11-21(12-8-19)25-18(3)27/h7-14,16-17H,4-6,15H2,1-3H3,(H,25,27). The zero-order valence-corrected chi connectivity index (χ0v) is 19.7. The van der Waals surface area contributed by atoms with E-state index in [1.54, 1.807) is 24.3 Å². The van der Waals surface area contributed by atoms with Crippen LogP contribution in [0.1, 0.15) is 60.7 Å². The fourth-order valence-electron chi connectivity index (χ4n) is 3.77. The van der Waals surface area contributed by atoms with Crippen molar-refractivity contribution >= 4 is 33.4 Å². The SMILES string of the molecule is CC(=O)Nc1ccc(C(=O)C(C)OC(=O)c2ccc(S(=O)(=O)N3CCCCC3C)cc2)cc1. The maximum atomic E-state index is 12.9. The van der Waals surface area contributed by atoms with Crippen molar-refractivity contribution in [1.29, 1.82) is 0 Å². The smallest absolute Gasteiger partial charge is 0.338 e. The fraction of sp³-hybridized carbons (Fsp3) is 0.375. The minimum Gasteiger partial charge on any atom is -0.451 e. The average molecular weight is 473 g/mol. The molecule has 1 amide bonds. The number of nitrogens with one attached hydrogen (secondary N) is 1. The molecule has 1 fully saturated rings. The van der Waals surface area contributed by atoms with Gasteiger partial charge in [0.1, 0.15) is 0 Å². The van der Waals surface area contributed by atoms with Crippen LogP contribution in [-0.2, 0) is 19.6 Å². The lowest BCUT2D eigenvalue weighted by atomic mass is 10.1. The second-order valence-electron chi connectivity index (χ2n) is 8.16. The molecule has 0 aliphatic carbocycles. The molecule has 33 heavy (non-hydrogen) atoms. The van der Waals surface area contributed by atoms with Crippen molar-refractivity contribution in [2.75, 3.05) is 11.9 Å². The summed E-state index contributed by atoms with van der Waals surface area (Å²) in [6.07, 6.45) is 1.62. The predicted molar refractivity (Wildman–Crippen MR) is 124 cm³/mol. The van der Waals surface area contributed by atoms with Crippen LogP contribution in [0.3, 0.4) is 0 Å². The molecule has 2 aromatic carbocycles. The minimum atomic E-state index is -3.64. The molecular weight excluding hydrogens is 444 g/mol. The molecule has 2 unspecified atom stereocenters. The van der Waals surface area contributed by atoms with Crippen LogP contribution in [0.25, 0.3) is 0 Å². The Kier molecular flexibility index (Phi) is 7.65.